The Kier molecular flexibility index (Phi) is 6.26. The summed E-state index contributed by atoms with van der Waals surface area (Å²) in [7, 11) is 0. The van der Waals surface area contributed by atoms with Crippen LogP contribution in [0, 0.1) is 12.3 Å². The molecule has 1 atom stereocenters. The second-order valence-corrected chi connectivity index (χ2v) is 9.42. The second kappa shape index (κ2) is 7.97. The summed E-state index contributed by atoms with van der Waals surface area (Å²) < 4.78 is 11.2. The minimum Gasteiger partial charge on any atom is -0.459 e. The Morgan fingerprint density at radius 3 is 2.39 bits per heavy atom. The molecule has 156 valence electrons. The van der Waals surface area contributed by atoms with E-state index in [-0.39, 0.29) is 12.5 Å². The molecule has 0 radical (unpaired) electrons. The van der Waals surface area contributed by atoms with Crippen molar-refractivity contribution >= 4 is 17.7 Å². The van der Waals surface area contributed by atoms with Gasteiger partial charge in [0.25, 0.3) is 0 Å². The molecule has 7 heteroatoms. The summed E-state index contributed by atoms with van der Waals surface area (Å²) in [6.07, 6.45) is 1.83. The number of likely N-dealkylation sites (tertiary alicyclic amines) is 1. The van der Waals surface area contributed by atoms with Crippen molar-refractivity contribution in [3.8, 4) is 0 Å². The fourth-order valence-electron chi connectivity index (χ4n) is 3.06. The van der Waals surface area contributed by atoms with Gasteiger partial charge in [0, 0.05) is 25.8 Å². The van der Waals surface area contributed by atoms with E-state index in [2.05, 4.69) is 10.3 Å². The van der Waals surface area contributed by atoms with Crippen molar-refractivity contribution in [3.63, 3.8) is 0 Å². The number of anilines is 1. The smallest absolute Gasteiger partial charge is 0.410 e. The van der Waals surface area contributed by atoms with Crippen LogP contribution < -0.4 is 5.32 Å². The fourth-order valence-corrected chi connectivity index (χ4v) is 3.06. The maximum absolute atomic E-state index is 13.1. The number of aromatic nitrogens is 1. The van der Waals surface area contributed by atoms with E-state index < -0.39 is 22.7 Å². The molecular weight excluding hydrogens is 358 g/mol. The maximum atomic E-state index is 13.1. The van der Waals surface area contributed by atoms with Crippen LogP contribution >= 0.6 is 0 Å². The Morgan fingerprint density at radius 2 is 1.82 bits per heavy atom. The van der Waals surface area contributed by atoms with Crippen LogP contribution in [0.3, 0.4) is 0 Å². The molecule has 7 nitrogen and oxygen atoms in total. The highest BCUT2D eigenvalue weighted by atomic mass is 16.6. The zero-order valence-corrected chi connectivity index (χ0v) is 18.1. The molecule has 1 aromatic rings. The minimum atomic E-state index is -0.841. The van der Waals surface area contributed by atoms with Crippen molar-refractivity contribution in [1.82, 2.24) is 9.88 Å². The lowest BCUT2D eigenvalue weighted by Gasteiger charge is -2.32. The quantitative estimate of drug-likeness (QED) is 0.787. The van der Waals surface area contributed by atoms with Gasteiger partial charge in [-0.15, -0.1) is 0 Å². The molecule has 1 saturated heterocycles. The summed E-state index contributed by atoms with van der Waals surface area (Å²) in [5.41, 5.74) is -0.315. The monoisotopic (exact) mass is 391 g/mol. The van der Waals surface area contributed by atoms with E-state index in [0.29, 0.717) is 19.5 Å². The van der Waals surface area contributed by atoms with Crippen LogP contribution in [0.2, 0.25) is 0 Å². The zero-order valence-electron chi connectivity index (χ0n) is 18.1. The van der Waals surface area contributed by atoms with Crippen molar-refractivity contribution in [3.05, 3.63) is 24.0 Å². The number of hydrogen-bond acceptors (Lipinski definition) is 6. The largest absolute Gasteiger partial charge is 0.459 e. The van der Waals surface area contributed by atoms with Crippen molar-refractivity contribution in [2.24, 2.45) is 5.41 Å². The lowest BCUT2D eigenvalue weighted by molar-refractivity contribution is -0.166. The molecule has 0 aromatic carbocycles. The topological polar surface area (TPSA) is 80.8 Å². The molecule has 0 spiro atoms. The predicted molar refractivity (Wildman–Crippen MR) is 108 cm³/mol. The third kappa shape index (κ3) is 5.84. The number of carbonyl (C=O) groups is 2. The van der Waals surface area contributed by atoms with Gasteiger partial charge in [-0.05, 0) is 67.0 Å². The Hall–Kier alpha value is -2.31. The van der Waals surface area contributed by atoms with Gasteiger partial charge in [-0.25, -0.2) is 4.79 Å². The average molecular weight is 392 g/mol. The highest BCUT2D eigenvalue weighted by Gasteiger charge is 2.49. The first-order chi connectivity index (χ1) is 12.8. The van der Waals surface area contributed by atoms with Gasteiger partial charge in [0.2, 0.25) is 0 Å². The van der Waals surface area contributed by atoms with Crippen LogP contribution in [-0.4, -0.2) is 52.8 Å². The molecule has 1 aliphatic rings. The van der Waals surface area contributed by atoms with Crippen LogP contribution in [0.4, 0.5) is 10.5 Å². The Bertz CT molecular complexity index is 721. The van der Waals surface area contributed by atoms with E-state index in [1.165, 1.54) is 0 Å². The number of hydrogen-bond donors (Lipinski definition) is 1. The normalized spacial score (nSPS) is 20.0. The van der Waals surface area contributed by atoms with E-state index in [0.717, 1.165) is 11.4 Å². The van der Waals surface area contributed by atoms with Gasteiger partial charge in [0.15, 0.2) is 0 Å². The number of pyridine rings is 1. The van der Waals surface area contributed by atoms with Crippen molar-refractivity contribution < 1.29 is 19.1 Å². The van der Waals surface area contributed by atoms with Crippen LogP contribution in [0.5, 0.6) is 0 Å². The molecule has 0 aliphatic carbocycles. The van der Waals surface area contributed by atoms with Gasteiger partial charge in [-0.2, -0.15) is 0 Å². The number of amides is 1. The van der Waals surface area contributed by atoms with Gasteiger partial charge < -0.3 is 19.7 Å². The molecule has 0 unspecified atom stereocenters. The molecule has 1 fully saturated rings. The molecular formula is C21H33N3O4. The number of nitrogens with one attached hydrogen (secondary N) is 1. The summed E-state index contributed by atoms with van der Waals surface area (Å²) in [6, 6.07) is 3.77. The standard InChI is InChI=1S/C21H33N3O4/c1-15-16(9-8-11-22-15)23-13-21(17(25)27-19(2,3)4)10-12-24(14-21)18(26)28-20(5,6)7/h8-9,11,23H,10,12-14H2,1-7H3/t21-/m0/s1. The maximum Gasteiger partial charge on any atom is 0.410 e. The second-order valence-electron chi connectivity index (χ2n) is 9.42. The van der Waals surface area contributed by atoms with Gasteiger partial charge >= 0.3 is 12.1 Å². The minimum absolute atomic E-state index is 0.253. The average Bonchev–Trinajstić information content (AvgIpc) is 2.97. The van der Waals surface area contributed by atoms with Gasteiger partial charge in [0.05, 0.1) is 11.4 Å². The zero-order chi connectivity index (χ0) is 21.2. The number of nitrogens with zero attached hydrogens (tertiary/aromatic N) is 2. The summed E-state index contributed by atoms with van der Waals surface area (Å²) in [4.78, 5) is 31.5. The third-order valence-corrected chi connectivity index (χ3v) is 4.46. The first-order valence-electron chi connectivity index (χ1n) is 9.68. The SMILES string of the molecule is Cc1ncccc1NC[C@@]1(C(=O)OC(C)(C)C)CCN(C(=O)OC(C)(C)C)C1. The molecule has 1 N–H and O–H groups in total. The summed E-state index contributed by atoms with van der Waals surface area (Å²) >= 11 is 0. The van der Waals surface area contributed by atoms with Crippen LogP contribution in [0.25, 0.3) is 0 Å². The molecule has 2 rings (SSSR count). The summed E-state index contributed by atoms with van der Waals surface area (Å²) in [6.45, 7) is 14.0. The third-order valence-electron chi connectivity index (χ3n) is 4.46. The molecule has 2 heterocycles. The summed E-state index contributed by atoms with van der Waals surface area (Å²) in [5, 5.41) is 3.33. The number of esters is 1. The lowest BCUT2D eigenvalue weighted by atomic mass is 9.86. The van der Waals surface area contributed by atoms with E-state index in [9.17, 15) is 9.59 Å². The van der Waals surface area contributed by atoms with E-state index in [1.54, 1.807) is 11.1 Å². The van der Waals surface area contributed by atoms with Crippen LogP contribution in [0.1, 0.15) is 53.7 Å². The lowest BCUT2D eigenvalue weighted by Crippen LogP contribution is -2.46. The first kappa shape index (κ1) is 22.0. The summed E-state index contributed by atoms with van der Waals surface area (Å²) in [5.74, 6) is -0.305. The van der Waals surface area contributed by atoms with Crippen LogP contribution in [-0.2, 0) is 14.3 Å². The Balaban J connectivity index is 2.19. The predicted octanol–water partition coefficient (Wildman–Crippen LogP) is 3.77. The fraction of sp³-hybridized carbons (Fsp3) is 0.667. The highest BCUT2D eigenvalue weighted by Crippen LogP contribution is 2.35. The first-order valence-corrected chi connectivity index (χ1v) is 9.68. The number of aryl methyl sites for hydroxylation is 1. The number of ether oxygens (including phenoxy) is 2. The Labute approximate surface area is 167 Å². The number of rotatable bonds is 4. The molecule has 1 aliphatic heterocycles. The van der Waals surface area contributed by atoms with E-state index in [1.807, 2.05) is 60.6 Å². The van der Waals surface area contributed by atoms with Crippen molar-refractivity contribution in [1.29, 1.82) is 0 Å². The van der Waals surface area contributed by atoms with E-state index in [4.69, 9.17) is 9.47 Å². The molecule has 1 aromatic heterocycles. The van der Waals surface area contributed by atoms with Crippen LogP contribution in [0.15, 0.2) is 18.3 Å². The van der Waals surface area contributed by atoms with Crippen molar-refractivity contribution in [2.45, 2.75) is 66.1 Å². The molecule has 0 saturated carbocycles. The molecule has 28 heavy (non-hydrogen) atoms. The molecule has 0 bridgehead atoms. The van der Waals surface area contributed by atoms with Gasteiger partial charge in [0.1, 0.15) is 16.6 Å². The number of carbonyl (C=O) groups excluding carboxylic acids is 2. The van der Waals surface area contributed by atoms with Crippen molar-refractivity contribution in [2.75, 3.05) is 25.0 Å². The van der Waals surface area contributed by atoms with Gasteiger partial charge in [-0.1, -0.05) is 0 Å². The Morgan fingerprint density at radius 1 is 1.18 bits per heavy atom. The molecule has 1 amide bonds. The van der Waals surface area contributed by atoms with E-state index >= 15 is 0 Å². The van der Waals surface area contributed by atoms with Gasteiger partial charge in [-0.3, -0.25) is 9.78 Å². The highest BCUT2D eigenvalue weighted by molar-refractivity contribution is 5.81.